The molecule has 0 radical (unpaired) electrons. The number of carbonyl (C=O) groups excluding carboxylic acids is 2. The lowest BCUT2D eigenvalue weighted by Crippen LogP contribution is -2.45. The number of benzene rings is 1. The van der Waals surface area contributed by atoms with E-state index >= 15 is 0 Å². The van der Waals surface area contributed by atoms with Crippen LogP contribution in [0.4, 0.5) is 0 Å². The van der Waals surface area contributed by atoms with Crippen LogP contribution in [0, 0.1) is 5.41 Å². The summed E-state index contributed by atoms with van der Waals surface area (Å²) in [6.45, 7) is 3.38. The minimum absolute atomic E-state index is 0.169. The second-order valence-electron chi connectivity index (χ2n) is 4.51. The van der Waals surface area contributed by atoms with E-state index in [1.54, 1.807) is 13.8 Å². The Hall–Kier alpha value is -1.68. The van der Waals surface area contributed by atoms with Gasteiger partial charge in [0, 0.05) is 5.41 Å². The van der Waals surface area contributed by atoms with E-state index in [0.717, 1.165) is 5.56 Å². The summed E-state index contributed by atoms with van der Waals surface area (Å²) in [6, 6.07) is 8.36. The van der Waals surface area contributed by atoms with E-state index in [0.29, 0.717) is 6.29 Å². The molecule has 17 heavy (non-hydrogen) atoms. The maximum Gasteiger partial charge on any atom is 0.324 e. The van der Waals surface area contributed by atoms with Crippen LogP contribution in [0.2, 0.25) is 0 Å². The molecule has 1 rings (SSSR count). The van der Waals surface area contributed by atoms with Gasteiger partial charge in [-0.25, -0.2) is 0 Å². The van der Waals surface area contributed by atoms with E-state index in [-0.39, 0.29) is 6.61 Å². The van der Waals surface area contributed by atoms with Gasteiger partial charge >= 0.3 is 5.97 Å². The summed E-state index contributed by atoms with van der Waals surface area (Å²) in [6.07, 6.45) is 0.668. The largest absolute Gasteiger partial charge is 0.460 e. The molecule has 0 spiro atoms. The van der Waals surface area contributed by atoms with Crippen molar-refractivity contribution in [1.82, 2.24) is 0 Å². The average Bonchev–Trinajstić information content (AvgIpc) is 2.36. The SMILES string of the molecule is CC(C)(C=O)[C@H](N)C(=O)OCc1ccccc1. The van der Waals surface area contributed by atoms with Crippen LogP contribution in [-0.2, 0) is 20.9 Å². The number of esters is 1. The summed E-state index contributed by atoms with van der Waals surface area (Å²) in [5.41, 5.74) is 5.64. The van der Waals surface area contributed by atoms with Crippen molar-refractivity contribution in [3.63, 3.8) is 0 Å². The molecule has 92 valence electrons. The van der Waals surface area contributed by atoms with Gasteiger partial charge < -0.3 is 15.3 Å². The van der Waals surface area contributed by atoms with Crippen molar-refractivity contribution in [2.75, 3.05) is 0 Å². The number of hydrogen-bond acceptors (Lipinski definition) is 4. The summed E-state index contributed by atoms with van der Waals surface area (Å²) in [7, 11) is 0. The predicted molar refractivity (Wildman–Crippen MR) is 64.1 cm³/mol. The molecule has 4 nitrogen and oxygen atoms in total. The van der Waals surface area contributed by atoms with E-state index < -0.39 is 17.4 Å². The highest BCUT2D eigenvalue weighted by atomic mass is 16.5. The minimum Gasteiger partial charge on any atom is -0.460 e. The van der Waals surface area contributed by atoms with Gasteiger partial charge in [-0.3, -0.25) is 4.79 Å². The zero-order valence-corrected chi connectivity index (χ0v) is 10.1. The van der Waals surface area contributed by atoms with Gasteiger partial charge in [-0.15, -0.1) is 0 Å². The fourth-order valence-electron chi connectivity index (χ4n) is 1.20. The van der Waals surface area contributed by atoms with Gasteiger partial charge in [0.2, 0.25) is 0 Å². The third-order valence-corrected chi connectivity index (χ3v) is 2.58. The van der Waals surface area contributed by atoms with E-state index in [4.69, 9.17) is 10.5 Å². The second kappa shape index (κ2) is 5.59. The van der Waals surface area contributed by atoms with Gasteiger partial charge in [0.1, 0.15) is 18.9 Å². The lowest BCUT2D eigenvalue weighted by atomic mass is 9.87. The lowest BCUT2D eigenvalue weighted by molar-refractivity contribution is -0.150. The van der Waals surface area contributed by atoms with Crippen molar-refractivity contribution in [1.29, 1.82) is 0 Å². The van der Waals surface area contributed by atoms with Gasteiger partial charge in [-0.2, -0.15) is 0 Å². The smallest absolute Gasteiger partial charge is 0.324 e. The first kappa shape index (κ1) is 13.4. The third-order valence-electron chi connectivity index (χ3n) is 2.58. The minimum atomic E-state index is -0.941. The van der Waals surface area contributed by atoms with E-state index in [1.807, 2.05) is 30.3 Å². The number of ether oxygens (including phenoxy) is 1. The van der Waals surface area contributed by atoms with Crippen molar-refractivity contribution in [3.8, 4) is 0 Å². The highest BCUT2D eigenvalue weighted by Gasteiger charge is 2.32. The van der Waals surface area contributed by atoms with Crippen LogP contribution in [0.3, 0.4) is 0 Å². The molecule has 2 N–H and O–H groups in total. The number of hydrogen-bond donors (Lipinski definition) is 1. The Labute approximate surface area is 101 Å². The monoisotopic (exact) mass is 235 g/mol. The maximum atomic E-state index is 11.6. The van der Waals surface area contributed by atoms with Gasteiger partial charge in [0.25, 0.3) is 0 Å². The van der Waals surface area contributed by atoms with Crippen molar-refractivity contribution in [2.24, 2.45) is 11.1 Å². The molecule has 0 fully saturated rings. The summed E-state index contributed by atoms with van der Waals surface area (Å²) in [4.78, 5) is 22.4. The molecule has 0 saturated heterocycles. The van der Waals surface area contributed by atoms with Crippen molar-refractivity contribution < 1.29 is 14.3 Å². The van der Waals surface area contributed by atoms with Crippen LogP contribution in [-0.4, -0.2) is 18.3 Å². The number of rotatable bonds is 5. The number of carbonyl (C=O) groups is 2. The standard InChI is InChI=1S/C13H17NO3/c1-13(2,9-15)11(14)12(16)17-8-10-6-4-3-5-7-10/h3-7,9,11H,8,14H2,1-2H3/t11-/m1/s1. The molecule has 0 aliphatic heterocycles. The van der Waals surface area contributed by atoms with Crippen LogP contribution in [0.25, 0.3) is 0 Å². The summed E-state index contributed by atoms with van der Waals surface area (Å²) >= 11 is 0. The molecule has 0 aliphatic carbocycles. The average molecular weight is 235 g/mol. The molecule has 1 atom stereocenters. The molecular weight excluding hydrogens is 218 g/mol. The lowest BCUT2D eigenvalue weighted by Gasteiger charge is -2.23. The first-order valence-electron chi connectivity index (χ1n) is 5.40. The third kappa shape index (κ3) is 3.67. The Kier molecular flexibility index (Phi) is 4.40. The number of aldehydes is 1. The van der Waals surface area contributed by atoms with E-state index in [9.17, 15) is 9.59 Å². The predicted octanol–water partition coefficient (Wildman–Crippen LogP) is 1.28. The van der Waals surface area contributed by atoms with Gasteiger partial charge in [-0.05, 0) is 5.56 Å². The zero-order valence-electron chi connectivity index (χ0n) is 10.1. The molecule has 0 unspecified atom stereocenters. The highest BCUT2D eigenvalue weighted by molar-refractivity contribution is 5.81. The van der Waals surface area contributed by atoms with Gasteiger partial charge in [-0.1, -0.05) is 44.2 Å². The molecule has 0 aromatic heterocycles. The van der Waals surface area contributed by atoms with Crippen LogP contribution in [0.15, 0.2) is 30.3 Å². The molecule has 1 aromatic carbocycles. The van der Waals surface area contributed by atoms with Crippen LogP contribution in [0.1, 0.15) is 19.4 Å². The summed E-state index contributed by atoms with van der Waals surface area (Å²) in [5, 5.41) is 0. The Balaban J connectivity index is 2.53. The van der Waals surface area contributed by atoms with Gasteiger partial charge in [0.15, 0.2) is 0 Å². The zero-order chi connectivity index (χ0) is 12.9. The quantitative estimate of drug-likeness (QED) is 0.616. The van der Waals surface area contributed by atoms with Crippen molar-refractivity contribution in [3.05, 3.63) is 35.9 Å². The number of nitrogens with two attached hydrogens (primary N) is 1. The van der Waals surface area contributed by atoms with E-state index in [2.05, 4.69) is 0 Å². The molecule has 0 heterocycles. The van der Waals surface area contributed by atoms with Crippen LogP contribution < -0.4 is 5.73 Å². The Morgan fingerprint density at radius 2 is 2.00 bits per heavy atom. The molecule has 0 bridgehead atoms. The normalized spacial score (nSPS) is 12.9. The Morgan fingerprint density at radius 3 is 2.53 bits per heavy atom. The molecule has 4 heteroatoms. The van der Waals surface area contributed by atoms with Crippen molar-refractivity contribution >= 4 is 12.3 Å². The summed E-state index contributed by atoms with van der Waals surface area (Å²) < 4.78 is 5.06. The van der Waals surface area contributed by atoms with E-state index in [1.165, 1.54) is 0 Å². The molecule has 0 amide bonds. The maximum absolute atomic E-state index is 11.6. The first-order valence-corrected chi connectivity index (χ1v) is 5.40. The fourth-order valence-corrected chi connectivity index (χ4v) is 1.20. The highest BCUT2D eigenvalue weighted by Crippen LogP contribution is 2.17. The van der Waals surface area contributed by atoms with Crippen LogP contribution >= 0.6 is 0 Å². The Bertz CT molecular complexity index is 387. The molecule has 0 aliphatic rings. The summed E-state index contributed by atoms with van der Waals surface area (Å²) in [5.74, 6) is -0.564. The fraction of sp³-hybridized carbons (Fsp3) is 0.385. The van der Waals surface area contributed by atoms with Crippen LogP contribution in [0.5, 0.6) is 0 Å². The van der Waals surface area contributed by atoms with Crippen molar-refractivity contribution in [2.45, 2.75) is 26.5 Å². The second-order valence-corrected chi connectivity index (χ2v) is 4.51. The molecule has 0 saturated carbocycles. The Morgan fingerprint density at radius 1 is 1.41 bits per heavy atom. The van der Waals surface area contributed by atoms with Gasteiger partial charge in [0.05, 0.1) is 0 Å². The first-order chi connectivity index (χ1) is 7.97. The molecule has 1 aromatic rings. The molecular formula is C13H17NO3. The topological polar surface area (TPSA) is 69.4 Å².